The number of aliphatic imine (C=N–C) groups is 1. The molecular weight excluding hydrogens is 210 g/mol. The van der Waals surface area contributed by atoms with Crippen molar-refractivity contribution in [2.24, 2.45) is 4.99 Å². The Morgan fingerprint density at radius 1 is 1.24 bits per heavy atom. The first-order valence-corrected chi connectivity index (χ1v) is 5.94. The van der Waals surface area contributed by atoms with Crippen LogP contribution in [-0.2, 0) is 4.74 Å². The Hall–Kier alpha value is -1.57. The molecule has 0 aromatic heterocycles. The largest absolute Gasteiger partial charge is 0.481 e. The van der Waals surface area contributed by atoms with Crippen molar-refractivity contribution in [3.8, 4) is 0 Å². The fraction of sp³-hybridized carbons (Fsp3) is 0.400. The normalized spacial score (nSPS) is 10.9. The zero-order valence-corrected chi connectivity index (χ0v) is 11.3. The molecule has 0 aliphatic heterocycles. The lowest BCUT2D eigenvalue weighted by Gasteiger charge is -2.09. The first-order valence-electron chi connectivity index (χ1n) is 5.94. The van der Waals surface area contributed by atoms with Crippen LogP contribution < -0.4 is 0 Å². The maximum atomic E-state index is 5.36. The molecular formula is C15H21NO. The van der Waals surface area contributed by atoms with Crippen LogP contribution in [-0.4, -0.2) is 12.5 Å². The van der Waals surface area contributed by atoms with E-state index < -0.39 is 0 Å². The van der Waals surface area contributed by atoms with E-state index in [9.17, 15) is 0 Å². The number of aryl methyl sites for hydroxylation is 1. The monoisotopic (exact) mass is 231 g/mol. The van der Waals surface area contributed by atoms with Crippen LogP contribution in [0.3, 0.4) is 0 Å². The van der Waals surface area contributed by atoms with Gasteiger partial charge >= 0.3 is 0 Å². The highest BCUT2D eigenvalue weighted by Gasteiger charge is 2.04. The van der Waals surface area contributed by atoms with Gasteiger partial charge in [0, 0.05) is 5.56 Å². The first kappa shape index (κ1) is 13.5. The lowest BCUT2D eigenvalue weighted by atomic mass is 10.0. The Bertz CT molecular complexity index is 426. The summed E-state index contributed by atoms with van der Waals surface area (Å²) in [5.41, 5.74) is 4.56. The summed E-state index contributed by atoms with van der Waals surface area (Å²) < 4.78 is 5.36. The molecule has 0 fully saturated rings. The van der Waals surface area contributed by atoms with Gasteiger partial charge in [-0.3, -0.25) is 0 Å². The standard InChI is InChI=1S/C15H21NO/c1-11(2)15(16-10-17-12(3)4)14-9-7-6-8-13(14)5/h6-10,12H,1-5H3. The van der Waals surface area contributed by atoms with Crippen molar-refractivity contribution in [2.45, 2.75) is 40.7 Å². The van der Waals surface area contributed by atoms with Gasteiger partial charge in [-0.25, -0.2) is 4.99 Å². The molecule has 0 heterocycles. The molecule has 1 aromatic carbocycles. The van der Waals surface area contributed by atoms with Gasteiger partial charge < -0.3 is 4.74 Å². The van der Waals surface area contributed by atoms with E-state index in [0.717, 1.165) is 11.3 Å². The highest BCUT2D eigenvalue weighted by atomic mass is 16.5. The zero-order valence-electron chi connectivity index (χ0n) is 11.3. The van der Waals surface area contributed by atoms with Gasteiger partial charge in [-0.15, -0.1) is 0 Å². The molecule has 0 atom stereocenters. The molecule has 0 N–H and O–H groups in total. The van der Waals surface area contributed by atoms with Crippen LogP contribution >= 0.6 is 0 Å². The predicted octanol–water partition coefficient (Wildman–Crippen LogP) is 4.20. The van der Waals surface area contributed by atoms with Crippen molar-refractivity contribution in [1.29, 1.82) is 0 Å². The molecule has 17 heavy (non-hydrogen) atoms. The van der Waals surface area contributed by atoms with Crippen molar-refractivity contribution in [2.75, 3.05) is 0 Å². The molecule has 0 aliphatic rings. The second kappa shape index (κ2) is 6.24. The van der Waals surface area contributed by atoms with Crippen molar-refractivity contribution in [3.63, 3.8) is 0 Å². The third kappa shape index (κ3) is 4.06. The van der Waals surface area contributed by atoms with Gasteiger partial charge in [-0.2, -0.15) is 0 Å². The molecule has 0 bridgehead atoms. The second-order valence-electron chi connectivity index (χ2n) is 4.58. The second-order valence-corrected chi connectivity index (χ2v) is 4.58. The van der Waals surface area contributed by atoms with Gasteiger partial charge in [-0.1, -0.05) is 24.3 Å². The maximum absolute atomic E-state index is 5.36. The minimum absolute atomic E-state index is 0.161. The summed E-state index contributed by atoms with van der Waals surface area (Å²) in [5.74, 6) is 0. The molecule has 2 nitrogen and oxygen atoms in total. The van der Waals surface area contributed by atoms with Crippen molar-refractivity contribution in [3.05, 3.63) is 41.0 Å². The Morgan fingerprint density at radius 3 is 2.41 bits per heavy atom. The Balaban J connectivity index is 3.01. The van der Waals surface area contributed by atoms with Gasteiger partial charge in [0.2, 0.25) is 0 Å². The summed E-state index contributed by atoms with van der Waals surface area (Å²) in [5, 5.41) is 0. The summed E-state index contributed by atoms with van der Waals surface area (Å²) in [7, 11) is 0. The summed E-state index contributed by atoms with van der Waals surface area (Å²) in [4.78, 5) is 4.43. The van der Waals surface area contributed by atoms with Crippen LogP contribution in [0.25, 0.3) is 5.70 Å². The van der Waals surface area contributed by atoms with Crippen molar-refractivity contribution < 1.29 is 4.74 Å². The summed E-state index contributed by atoms with van der Waals surface area (Å²) >= 11 is 0. The number of benzene rings is 1. The third-order valence-electron chi connectivity index (χ3n) is 2.39. The third-order valence-corrected chi connectivity index (χ3v) is 2.39. The van der Waals surface area contributed by atoms with E-state index in [1.54, 1.807) is 6.40 Å². The number of nitrogens with zero attached hydrogens (tertiary/aromatic N) is 1. The van der Waals surface area contributed by atoms with E-state index >= 15 is 0 Å². The molecule has 92 valence electrons. The van der Waals surface area contributed by atoms with Crippen LogP contribution in [0.15, 0.2) is 34.8 Å². The number of rotatable bonds is 4. The molecule has 0 radical (unpaired) electrons. The van der Waals surface area contributed by atoms with Crippen molar-refractivity contribution in [1.82, 2.24) is 0 Å². The number of allylic oxidation sites excluding steroid dienone is 1. The molecule has 0 aliphatic carbocycles. The summed E-state index contributed by atoms with van der Waals surface area (Å²) in [6, 6.07) is 8.25. The smallest absolute Gasteiger partial charge is 0.174 e. The highest BCUT2D eigenvalue weighted by molar-refractivity contribution is 5.74. The fourth-order valence-corrected chi connectivity index (χ4v) is 1.51. The predicted molar refractivity (Wildman–Crippen MR) is 74.2 cm³/mol. The van der Waals surface area contributed by atoms with Crippen LogP contribution in [0.5, 0.6) is 0 Å². The lowest BCUT2D eigenvalue weighted by Crippen LogP contribution is -2.00. The SMILES string of the molecule is CC(C)=C(N=COC(C)C)c1ccccc1C. The Morgan fingerprint density at radius 2 is 1.88 bits per heavy atom. The molecule has 2 heteroatoms. The van der Waals surface area contributed by atoms with Gasteiger partial charge in [0.1, 0.15) is 0 Å². The number of hydrogen-bond donors (Lipinski definition) is 0. The summed E-state index contributed by atoms with van der Waals surface area (Å²) in [6.07, 6.45) is 1.70. The zero-order chi connectivity index (χ0) is 12.8. The molecule has 0 saturated heterocycles. The van der Waals surface area contributed by atoms with Crippen LogP contribution in [0, 0.1) is 6.92 Å². The molecule has 0 saturated carbocycles. The Labute approximate surface area is 104 Å². The van der Waals surface area contributed by atoms with E-state index in [0.29, 0.717) is 0 Å². The average molecular weight is 231 g/mol. The van der Waals surface area contributed by atoms with E-state index in [2.05, 4.69) is 37.9 Å². The highest BCUT2D eigenvalue weighted by Crippen LogP contribution is 2.22. The fourth-order valence-electron chi connectivity index (χ4n) is 1.51. The van der Waals surface area contributed by atoms with E-state index in [-0.39, 0.29) is 6.10 Å². The average Bonchev–Trinajstić information content (AvgIpc) is 2.25. The van der Waals surface area contributed by atoms with Gasteiger partial charge in [0.15, 0.2) is 6.40 Å². The first-order chi connectivity index (χ1) is 8.02. The minimum atomic E-state index is 0.161. The van der Waals surface area contributed by atoms with Gasteiger partial charge in [0.25, 0.3) is 0 Å². The van der Waals surface area contributed by atoms with Crippen molar-refractivity contribution >= 4 is 12.1 Å². The quantitative estimate of drug-likeness (QED) is 0.562. The molecule has 0 spiro atoms. The number of hydrogen-bond acceptors (Lipinski definition) is 2. The van der Waals surface area contributed by atoms with E-state index in [1.165, 1.54) is 11.1 Å². The molecule has 0 unspecified atom stereocenters. The minimum Gasteiger partial charge on any atom is -0.481 e. The summed E-state index contributed by atoms with van der Waals surface area (Å²) in [6.45, 7) is 10.2. The topological polar surface area (TPSA) is 21.6 Å². The molecule has 1 rings (SSSR count). The molecule has 0 amide bonds. The van der Waals surface area contributed by atoms with Gasteiger partial charge in [0.05, 0.1) is 11.8 Å². The van der Waals surface area contributed by atoms with Crippen LogP contribution in [0.2, 0.25) is 0 Å². The van der Waals surface area contributed by atoms with E-state index in [1.807, 2.05) is 26.0 Å². The van der Waals surface area contributed by atoms with E-state index in [4.69, 9.17) is 4.74 Å². The Kier molecular flexibility index (Phi) is 4.95. The van der Waals surface area contributed by atoms with Crippen LogP contribution in [0.1, 0.15) is 38.8 Å². The maximum Gasteiger partial charge on any atom is 0.174 e. The van der Waals surface area contributed by atoms with Gasteiger partial charge in [-0.05, 0) is 45.8 Å². The number of ether oxygens (including phenoxy) is 1. The van der Waals surface area contributed by atoms with Crippen LogP contribution in [0.4, 0.5) is 0 Å². The lowest BCUT2D eigenvalue weighted by molar-refractivity contribution is 0.241. The molecule has 1 aromatic rings.